The van der Waals surface area contributed by atoms with E-state index in [-0.39, 0.29) is 11.5 Å². The number of phenolic OH excluding ortho intramolecular Hbond substituents is 1. The molecule has 0 amide bonds. The smallest absolute Gasteiger partial charge is 0.206 e. The average Bonchev–Trinajstić information content (AvgIpc) is 3.18. The Hall–Kier alpha value is -3.35. The van der Waals surface area contributed by atoms with Crippen molar-refractivity contribution in [3.8, 4) is 23.0 Å². The molecule has 1 N–H and O–H groups in total. The molecule has 174 valence electrons. The maximum atomic E-state index is 13.3. The van der Waals surface area contributed by atoms with Gasteiger partial charge in [-0.25, -0.2) is 0 Å². The standard InChI is InChI=1S/C28H27NO4S/c1-2-19-17-29(18-19)14-15-32-22-9-11-23(12-10-22)33-27-24-13-8-21(30)16-25(24)34-28(27)26(31)20-6-4-3-5-7-20/h3-13,16,19,30H,2,14-15,17-18H2,1H3. The van der Waals surface area contributed by atoms with Crippen molar-refractivity contribution in [3.05, 3.63) is 83.2 Å². The number of carbonyl (C=O) groups is 1. The van der Waals surface area contributed by atoms with E-state index in [9.17, 15) is 9.90 Å². The molecule has 1 fully saturated rings. The highest BCUT2D eigenvalue weighted by Gasteiger charge is 2.24. The van der Waals surface area contributed by atoms with E-state index in [2.05, 4.69) is 11.8 Å². The number of benzene rings is 3. The van der Waals surface area contributed by atoms with Gasteiger partial charge >= 0.3 is 0 Å². The van der Waals surface area contributed by atoms with Crippen molar-refractivity contribution < 1.29 is 19.4 Å². The average molecular weight is 474 g/mol. The van der Waals surface area contributed by atoms with Crippen LogP contribution in [0.1, 0.15) is 28.6 Å². The second-order valence-corrected chi connectivity index (χ2v) is 9.64. The minimum absolute atomic E-state index is 0.104. The Morgan fingerprint density at radius 3 is 2.50 bits per heavy atom. The number of likely N-dealkylation sites (tertiary alicyclic amines) is 1. The van der Waals surface area contributed by atoms with E-state index in [1.807, 2.05) is 42.5 Å². The first-order valence-corrected chi connectivity index (χ1v) is 12.4. The largest absolute Gasteiger partial charge is 0.508 e. The van der Waals surface area contributed by atoms with E-state index in [1.54, 1.807) is 30.3 Å². The lowest BCUT2D eigenvalue weighted by Crippen LogP contribution is -2.47. The highest BCUT2D eigenvalue weighted by molar-refractivity contribution is 7.21. The number of carbonyl (C=O) groups excluding carboxylic acids is 1. The SMILES string of the molecule is CCC1CN(CCOc2ccc(Oc3c(C(=O)c4ccccc4)sc4cc(O)ccc34)cc2)C1. The van der Waals surface area contributed by atoms with E-state index in [0.29, 0.717) is 28.5 Å². The van der Waals surface area contributed by atoms with Crippen LogP contribution in [0.5, 0.6) is 23.0 Å². The lowest BCUT2D eigenvalue weighted by Gasteiger charge is -2.38. The summed E-state index contributed by atoms with van der Waals surface area (Å²) in [5, 5.41) is 10.7. The molecule has 34 heavy (non-hydrogen) atoms. The monoisotopic (exact) mass is 473 g/mol. The zero-order chi connectivity index (χ0) is 23.5. The van der Waals surface area contributed by atoms with Crippen LogP contribution in [0.3, 0.4) is 0 Å². The Labute approximate surface area is 203 Å². The molecule has 1 saturated heterocycles. The molecule has 5 nitrogen and oxygen atoms in total. The summed E-state index contributed by atoms with van der Waals surface area (Å²) in [6, 6.07) is 21.7. The Morgan fingerprint density at radius 2 is 1.76 bits per heavy atom. The van der Waals surface area contributed by atoms with Crippen LogP contribution in [-0.4, -0.2) is 42.0 Å². The summed E-state index contributed by atoms with van der Waals surface area (Å²) in [5.74, 6) is 2.81. The van der Waals surface area contributed by atoms with Gasteiger partial charge in [0.25, 0.3) is 0 Å². The number of hydrogen-bond donors (Lipinski definition) is 1. The Bertz CT molecular complexity index is 1280. The van der Waals surface area contributed by atoms with Crippen LogP contribution >= 0.6 is 11.3 Å². The van der Waals surface area contributed by atoms with E-state index >= 15 is 0 Å². The molecule has 1 aromatic heterocycles. The van der Waals surface area contributed by atoms with Gasteiger partial charge in [0.05, 0.1) is 0 Å². The predicted molar refractivity (Wildman–Crippen MR) is 136 cm³/mol. The molecule has 0 radical (unpaired) electrons. The minimum Gasteiger partial charge on any atom is -0.508 e. The van der Waals surface area contributed by atoms with Crippen molar-refractivity contribution in [2.24, 2.45) is 5.92 Å². The summed E-state index contributed by atoms with van der Waals surface area (Å²) < 4.78 is 12.9. The summed E-state index contributed by atoms with van der Waals surface area (Å²) in [6.45, 7) is 6.18. The lowest BCUT2D eigenvalue weighted by atomic mass is 9.98. The molecule has 0 saturated carbocycles. The van der Waals surface area contributed by atoms with Crippen LogP contribution in [-0.2, 0) is 0 Å². The third kappa shape index (κ3) is 4.79. The van der Waals surface area contributed by atoms with Crippen LogP contribution in [0.25, 0.3) is 10.1 Å². The van der Waals surface area contributed by atoms with Crippen LogP contribution < -0.4 is 9.47 Å². The maximum Gasteiger partial charge on any atom is 0.206 e. The lowest BCUT2D eigenvalue weighted by molar-refractivity contribution is 0.0806. The van der Waals surface area contributed by atoms with Crippen LogP contribution in [0.15, 0.2) is 72.8 Å². The first kappa shape index (κ1) is 22.4. The molecule has 6 heteroatoms. The molecule has 0 bridgehead atoms. The molecule has 1 aliphatic heterocycles. The molecule has 3 aromatic carbocycles. The van der Waals surface area contributed by atoms with Gasteiger partial charge in [-0.15, -0.1) is 11.3 Å². The Morgan fingerprint density at radius 1 is 1.03 bits per heavy atom. The Balaban J connectivity index is 1.32. The topological polar surface area (TPSA) is 59.0 Å². The van der Waals surface area contributed by atoms with Gasteiger partial charge in [-0.2, -0.15) is 0 Å². The molecule has 4 aromatic rings. The molecular weight excluding hydrogens is 446 g/mol. The highest BCUT2D eigenvalue weighted by Crippen LogP contribution is 2.42. The zero-order valence-electron chi connectivity index (χ0n) is 19.1. The van der Waals surface area contributed by atoms with Gasteiger partial charge in [-0.3, -0.25) is 9.69 Å². The van der Waals surface area contributed by atoms with Gasteiger partial charge < -0.3 is 14.6 Å². The Kier molecular flexibility index (Phi) is 6.52. The number of phenols is 1. The highest BCUT2D eigenvalue weighted by atomic mass is 32.1. The summed E-state index contributed by atoms with van der Waals surface area (Å²) in [7, 11) is 0. The number of rotatable bonds is 9. The second-order valence-electron chi connectivity index (χ2n) is 8.59. The van der Waals surface area contributed by atoms with Crippen molar-refractivity contribution in [2.75, 3.05) is 26.2 Å². The summed E-state index contributed by atoms with van der Waals surface area (Å²) >= 11 is 1.32. The van der Waals surface area contributed by atoms with Gasteiger partial charge in [0.15, 0.2) is 5.75 Å². The third-order valence-electron chi connectivity index (χ3n) is 6.20. The van der Waals surface area contributed by atoms with E-state index in [4.69, 9.17) is 9.47 Å². The number of hydrogen-bond acceptors (Lipinski definition) is 6. The normalized spacial score (nSPS) is 14.1. The molecule has 2 heterocycles. The maximum absolute atomic E-state index is 13.3. The summed E-state index contributed by atoms with van der Waals surface area (Å²) in [6.07, 6.45) is 1.25. The van der Waals surface area contributed by atoms with Crippen LogP contribution in [0, 0.1) is 5.92 Å². The first-order valence-electron chi connectivity index (χ1n) is 11.6. The van der Waals surface area contributed by atoms with Gasteiger partial charge in [-0.05, 0) is 48.4 Å². The van der Waals surface area contributed by atoms with E-state index < -0.39 is 0 Å². The number of ether oxygens (including phenoxy) is 2. The van der Waals surface area contributed by atoms with Crippen molar-refractivity contribution in [3.63, 3.8) is 0 Å². The molecule has 0 unspecified atom stereocenters. The second kappa shape index (κ2) is 9.87. The number of fused-ring (bicyclic) bond motifs is 1. The van der Waals surface area contributed by atoms with E-state index in [0.717, 1.165) is 28.3 Å². The fourth-order valence-corrected chi connectivity index (χ4v) is 5.29. The number of thiophene rings is 1. The fraction of sp³-hybridized carbons (Fsp3) is 0.250. The van der Waals surface area contributed by atoms with E-state index in [1.165, 1.54) is 30.8 Å². The summed E-state index contributed by atoms with van der Waals surface area (Å²) in [5.41, 5.74) is 0.597. The van der Waals surface area contributed by atoms with Crippen LogP contribution in [0.2, 0.25) is 0 Å². The van der Waals surface area contributed by atoms with Crippen LogP contribution in [0.4, 0.5) is 0 Å². The number of ketones is 1. The third-order valence-corrected chi connectivity index (χ3v) is 7.33. The molecule has 5 rings (SSSR count). The minimum atomic E-state index is -0.104. The molecule has 1 aliphatic rings. The fourth-order valence-electron chi connectivity index (χ4n) is 4.17. The van der Waals surface area contributed by atoms with Gasteiger partial charge in [0, 0.05) is 35.3 Å². The van der Waals surface area contributed by atoms with Crippen molar-refractivity contribution in [1.82, 2.24) is 4.90 Å². The predicted octanol–water partition coefficient (Wildman–Crippen LogP) is 6.35. The molecule has 0 atom stereocenters. The summed E-state index contributed by atoms with van der Waals surface area (Å²) in [4.78, 5) is 16.2. The first-order chi connectivity index (χ1) is 16.6. The molecule has 0 spiro atoms. The molecule has 0 aliphatic carbocycles. The zero-order valence-corrected chi connectivity index (χ0v) is 19.9. The van der Waals surface area contributed by atoms with Crippen molar-refractivity contribution in [1.29, 1.82) is 0 Å². The van der Waals surface area contributed by atoms with Gasteiger partial charge in [0.1, 0.15) is 28.7 Å². The number of nitrogens with zero attached hydrogens (tertiary/aromatic N) is 1. The van der Waals surface area contributed by atoms with Gasteiger partial charge in [-0.1, -0.05) is 43.7 Å². The quantitative estimate of drug-likeness (QED) is 0.287. The van der Waals surface area contributed by atoms with Gasteiger partial charge in [0.2, 0.25) is 5.78 Å². The van der Waals surface area contributed by atoms with Crippen molar-refractivity contribution >= 4 is 27.2 Å². The van der Waals surface area contributed by atoms with Crippen molar-refractivity contribution in [2.45, 2.75) is 13.3 Å². The number of aromatic hydroxyl groups is 1. The molecular formula is C28H27NO4S.